The van der Waals surface area contributed by atoms with Gasteiger partial charge in [0.05, 0.1) is 5.56 Å². The summed E-state index contributed by atoms with van der Waals surface area (Å²) >= 11 is 1.55. The third kappa shape index (κ3) is 3.34. The van der Waals surface area contributed by atoms with Crippen LogP contribution in [0.5, 0.6) is 0 Å². The van der Waals surface area contributed by atoms with E-state index in [0.717, 1.165) is 57.7 Å². The molecule has 1 saturated heterocycles. The van der Waals surface area contributed by atoms with Crippen molar-refractivity contribution in [2.75, 3.05) is 23.3 Å². The third-order valence-corrected chi connectivity index (χ3v) is 6.32. The molecule has 5 rings (SSSR count). The zero-order valence-electron chi connectivity index (χ0n) is 15.8. The summed E-state index contributed by atoms with van der Waals surface area (Å²) in [5, 5.41) is 26.3. The molecule has 1 aliphatic heterocycles. The van der Waals surface area contributed by atoms with Crippen molar-refractivity contribution in [3.8, 4) is 6.07 Å². The van der Waals surface area contributed by atoms with Crippen LogP contribution in [0, 0.1) is 11.3 Å². The number of anilines is 2. The minimum absolute atomic E-state index is 0.594. The molecule has 4 heterocycles. The van der Waals surface area contributed by atoms with Gasteiger partial charge < -0.3 is 10.2 Å². The van der Waals surface area contributed by atoms with E-state index in [1.54, 1.807) is 11.3 Å². The zero-order valence-corrected chi connectivity index (χ0v) is 16.6. The van der Waals surface area contributed by atoms with Gasteiger partial charge in [0.15, 0.2) is 5.82 Å². The molecule has 7 nitrogen and oxygen atoms in total. The van der Waals surface area contributed by atoms with Crippen molar-refractivity contribution < 1.29 is 0 Å². The number of thiophene rings is 1. The topological polar surface area (TPSA) is 90.6 Å². The maximum absolute atomic E-state index is 9.71. The highest BCUT2D eigenvalue weighted by molar-refractivity contribution is 7.25. The zero-order chi connectivity index (χ0) is 19.6. The average Bonchev–Trinajstić information content (AvgIpc) is 3.16. The molecule has 0 amide bonds. The van der Waals surface area contributed by atoms with E-state index in [2.05, 4.69) is 43.8 Å². The lowest BCUT2D eigenvalue weighted by atomic mass is 10.1. The maximum Gasteiger partial charge on any atom is 0.170 e. The highest BCUT2D eigenvalue weighted by Gasteiger charge is 2.20. The standard InChI is InChI=1S/C21H19N7S/c22-12-15-11-16-17-18(29-21(16)24-20(15)28-9-5-2-6-10-28)19(26-27-25-17)23-13-14-7-3-1-4-8-14/h1,3-4,7-8,11H,2,5-6,9-10,13H2,(H,23,25,26). The Kier molecular flexibility index (Phi) is 4.66. The second-order valence-corrected chi connectivity index (χ2v) is 8.13. The molecule has 0 atom stereocenters. The molecule has 8 heteroatoms. The van der Waals surface area contributed by atoms with Gasteiger partial charge in [-0.1, -0.05) is 30.3 Å². The average molecular weight is 401 g/mol. The highest BCUT2D eigenvalue weighted by Crippen LogP contribution is 2.37. The first-order valence-electron chi connectivity index (χ1n) is 9.73. The van der Waals surface area contributed by atoms with Crippen LogP contribution in [0.4, 0.5) is 11.6 Å². The number of aromatic nitrogens is 4. The summed E-state index contributed by atoms with van der Waals surface area (Å²) in [6.07, 6.45) is 3.52. The fraction of sp³-hybridized carbons (Fsp3) is 0.286. The summed E-state index contributed by atoms with van der Waals surface area (Å²) in [6, 6.07) is 14.4. The molecule has 0 spiro atoms. The number of nitrogens with one attached hydrogen (secondary N) is 1. The van der Waals surface area contributed by atoms with E-state index >= 15 is 0 Å². The molecular weight excluding hydrogens is 382 g/mol. The molecule has 1 N–H and O–H groups in total. The number of benzene rings is 1. The van der Waals surface area contributed by atoms with Crippen LogP contribution in [-0.4, -0.2) is 33.5 Å². The summed E-state index contributed by atoms with van der Waals surface area (Å²) in [5.41, 5.74) is 2.50. The van der Waals surface area contributed by atoms with E-state index in [-0.39, 0.29) is 0 Å². The highest BCUT2D eigenvalue weighted by atomic mass is 32.1. The van der Waals surface area contributed by atoms with E-state index in [0.29, 0.717) is 17.9 Å². The predicted octanol–water partition coefficient (Wildman–Crippen LogP) is 4.11. The van der Waals surface area contributed by atoms with Crippen molar-refractivity contribution >= 4 is 43.4 Å². The van der Waals surface area contributed by atoms with Gasteiger partial charge in [0.25, 0.3) is 0 Å². The largest absolute Gasteiger partial charge is 0.363 e. The first-order valence-corrected chi connectivity index (χ1v) is 10.5. The van der Waals surface area contributed by atoms with Crippen molar-refractivity contribution in [2.45, 2.75) is 25.8 Å². The van der Waals surface area contributed by atoms with Crippen molar-refractivity contribution in [3.63, 3.8) is 0 Å². The number of hydrogen-bond acceptors (Lipinski definition) is 8. The summed E-state index contributed by atoms with van der Waals surface area (Å²) < 4.78 is 0.915. The second-order valence-electron chi connectivity index (χ2n) is 7.13. The first-order chi connectivity index (χ1) is 14.3. The van der Waals surface area contributed by atoms with Gasteiger partial charge in [-0.15, -0.1) is 21.5 Å². The van der Waals surface area contributed by atoms with Crippen LogP contribution in [0.15, 0.2) is 36.4 Å². The fourth-order valence-corrected chi connectivity index (χ4v) is 4.79. The molecule has 0 radical (unpaired) electrons. The maximum atomic E-state index is 9.71. The molecule has 1 aromatic carbocycles. The lowest BCUT2D eigenvalue weighted by molar-refractivity contribution is 0.574. The van der Waals surface area contributed by atoms with Gasteiger partial charge in [0, 0.05) is 25.0 Å². The van der Waals surface area contributed by atoms with Gasteiger partial charge in [0.2, 0.25) is 0 Å². The molecule has 1 aliphatic rings. The van der Waals surface area contributed by atoms with Crippen LogP contribution >= 0.6 is 11.3 Å². The molecule has 3 aromatic heterocycles. The second kappa shape index (κ2) is 7.60. The fourth-order valence-electron chi connectivity index (χ4n) is 3.75. The number of pyridine rings is 1. The lowest BCUT2D eigenvalue weighted by Gasteiger charge is -2.28. The van der Waals surface area contributed by atoms with Crippen LogP contribution in [0.25, 0.3) is 20.4 Å². The van der Waals surface area contributed by atoms with Gasteiger partial charge in [-0.05, 0) is 36.1 Å². The van der Waals surface area contributed by atoms with Crippen LogP contribution < -0.4 is 10.2 Å². The summed E-state index contributed by atoms with van der Waals surface area (Å²) in [5.74, 6) is 1.48. The van der Waals surface area contributed by atoms with Crippen molar-refractivity contribution in [3.05, 3.63) is 47.5 Å². The molecule has 0 unspecified atom stereocenters. The lowest BCUT2D eigenvalue weighted by Crippen LogP contribution is -2.30. The smallest absolute Gasteiger partial charge is 0.170 e. The van der Waals surface area contributed by atoms with Crippen molar-refractivity contribution in [1.82, 2.24) is 20.4 Å². The number of piperidine rings is 1. The monoisotopic (exact) mass is 401 g/mol. The van der Waals surface area contributed by atoms with E-state index in [4.69, 9.17) is 4.98 Å². The SMILES string of the molecule is N#Cc1cc2c(nc1N1CCCCC1)sc1c(NCc3ccccc3)nnnc12. The molecular formula is C21H19N7S. The first kappa shape index (κ1) is 17.8. The van der Waals surface area contributed by atoms with Crippen molar-refractivity contribution in [1.29, 1.82) is 5.26 Å². The Balaban J connectivity index is 1.56. The van der Waals surface area contributed by atoms with Gasteiger partial charge in [0.1, 0.15) is 26.9 Å². The quantitative estimate of drug-likeness (QED) is 0.550. The summed E-state index contributed by atoms with van der Waals surface area (Å²) in [4.78, 5) is 7.96. The molecule has 1 fully saturated rings. The number of fused-ring (bicyclic) bond motifs is 3. The third-order valence-electron chi connectivity index (χ3n) is 5.22. The minimum atomic E-state index is 0.594. The predicted molar refractivity (Wildman–Crippen MR) is 115 cm³/mol. The van der Waals surface area contributed by atoms with E-state index in [1.807, 2.05) is 24.3 Å². The Morgan fingerprint density at radius 2 is 1.93 bits per heavy atom. The van der Waals surface area contributed by atoms with Gasteiger partial charge in [-0.3, -0.25) is 0 Å². The van der Waals surface area contributed by atoms with Crippen LogP contribution in [0.1, 0.15) is 30.4 Å². The van der Waals surface area contributed by atoms with Crippen LogP contribution in [0.3, 0.4) is 0 Å². The molecule has 29 heavy (non-hydrogen) atoms. The Morgan fingerprint density at radius 1 is 1.10 bits per heavy atom. The van der Waals surface area contributed by atoms with Crippen LogP contribution in [-0.2, 0) is 6.54 Å². The van der Waals surface area contributed by atoms with Gasteiger partial charge >= 0.3 is 0 Å². The minimum Gasteiger partial charge on any atom is -0.363 e. The van der Waals surface area contributed by atoms with Crippen LogP contribution in [0.2, 0.25) is 0 Å². The number of hydrogen-bond donors (Lipinski definition) is 1. The van der Waals surface area contributed by atoms with Gasteiger partial charge in [-0.2, -0.15) is 5.26 Å². The molecule has 0 bridgehead atoms. The number of rotatable bonds is 4. The number of nitrogens with zero attached hydrogens (tertiary/aromatic N) is 6. The van der Waals surface area contributed by atoms with Crippen molar-refractivity contribution in [2.24, 2.45) is 0 Å². The molecule has 0 saturated carbocycles. The normalized spacial score (nSPS) is 14.2. The van der Waals surface area contributed by atoms with E-state index in [1.165, 1.54) is 6.42 Å². The summed E-state index contributed by atoms with van der Waals surface area (Å²) in [7, 11) is 0. The Hall–Kier alpha value is -3.31. The molecule has 4 aromatic rings. The Labute approximate surface area is 172 Å². The molecule has 0 aliphatic carbocycles. The number of nitriles is 1. The molecule has 144 valence electrons. The van der Waals surface area contributed by atoms with Gasteiger partial charge in [-0.25, -0.2) is 4.98 Å². The van der Waals surface area contributed by atoms with E-state index in [9.17, 15) is 5.26 Å². The summed E-state index contributed by atoms with van der Waals surface area (Å²) in [6.45, 7) is 2.55. The van der Waals surface area contributed by atoms with E-state index < -0.39 is 0 Å². The Morgan fingerprint density at radius 3 is 2.72 bits per heavy atom. The Bertz CT molecular complexity index is 1210.